The fraction of sp³-hybridized carbons (Fsp3) is 0.206. The van der Waals surface area contributed by atoms with Gasteiger partial charge in [0, 0.05) is 21.6 Å². The molecule has 6 rings (SSSR count). The van der Waals surface area contributed by atoms with Gasteiger partial charge in [-0.1, -0.05) is 48.5 Å². The van der Waals surface area contributed by atoms with Crippen molar-refractivity contribution in [3.8, 4) is 40.1 Å². The Morgan fingerprint density at radius 1 is 0.891 bits per heavy atom. The smallest absolute Gasteiger partial charge is 0.417 e. The first kappa shape index (κ1) is 30.5. The van der Waals surface area contributed by atoms with Crippen LogP contribution in [0, 0.1) is 0 Å². The molecule has 234 valence electrons. The van der Waals surface area contributed by atoms with Gasteiger partial charge in [0.05, 0.1) is 39.8 Å². The Kier molecular flexibility index (Phi) is 8.53. The SMILES string of the molecule is CCc1cc2c(=O)n(CC(=O)c3ccc(OC)cc3)c(=O)n(Cc3ccc(-c4ccccc4-c4noc(OC)n4)cc3OC)c2s1. The van der Waals surface area contributed by atoms with Crippen molar-refractivity contribution in [3.05, 3.63) is 110 Å². The Hall–Kier alpha value is -5.49. The van der Waals surface area contributed by atoms with Gasteiger partial charge < -0.3 is 14.2 Å². The third-order valence-electron chi connectivity index (χ3n) is 7.68. The van der Waals surface area contributed by atoms with Crippen LogP contribution < -0.4 is 25.5 Å². The summed E-state index contributed by atoms with van der Waals surface area (Å²) in [7, 11) is 4.55. The molecule has 0 aliphatic rings. The number of carbonyl (C=O) groups is 1. The van der Waals surface area contributed by atoms with Gasteiger partial charge in [-0.15, -0.1) is 11.3 Å². The number of fused-ring (bicyclic) bond motifs is 1. The van der Waals surface area contributed by atoms with E-state index in [2.05, 4.69) is 10.1 Å². The topological polar surface area (TPSA) is 128 Å². The van der Waals surface area contributed by atoms with Gasteiger partial charge in [0.15, 0.2) is 5.78 Å². The van der Waals surface area contributed by atoms with Gasteiger partial charge in [0.25, 0.3) is 5.56 Å². The van der Waals surface area contributed by atoms with E-state index in [1.54, 1.807) is 42.0 Å². The summed E-state index contributed by atoms with van der Waals surface area (Å²) in [5.41, 5.74) is 2.42. The molecule has 46 heavy (non-hydrogen) atoms. The van der Waals surface area contributed by atoms with Crippen LogP contribution in [-0.2, 0) is 19.5 Å². The Morgan fingerprint density at radius 3 is 2.33 bits per heavy atom. The van der Waals surface area contributed by atoms with Gasteiger partial charge in [0.1, 0.15) is 16.3 Å². The minimum atomic E-state index is -0.577. The number of methoxy groups -OCH3 is 3. The summed E-state index contributed by atoms with van der Waals surface area (Å²) in [5.74, 6) is 1.15. The number of benzene rings is 3. The van der Waals surface area contributed by atoms with Gasteiger partial charge in [-0.3, -0.25) is 23.2 Å². The Morgan fingerprint density at radius 2 is 1.65 bits per heavy atom. The lowest BCUT2D eigenvalue weighted by molar-refractivity contribution is 0.0969. The van der Waals surface area contributed by atoms with Crippen LogP contribution in [0.4, 0.5) is 0 Å². The number of hydrogen-bond acceptors (Lipinski definition) is 10. The van der Waals surface area contributed by atoms with Gasteiger partial charge in [-0.25, -0.2) is 4.79 Å². The summed E-state index contributed by atoms with van der Waals surface area (Å²) in [5, 5.41) is 4.43. The molecule has 11 nitrogen and oxygen atoms in total. The number of rotatable bonds is 11. The second-order valence-corrected chi connectivity index (χ2v) is 11.5. The molecule has 0 spiro atoms. The molecule has 0 atom stereocenters. The number of hydrogen-bond donors (Lipinski definition) is 0. The van der Waals surface area contributed by atoms with Crippen molar-refractivity contribution < 1.29 is 23.5 Å². The molecule has 12 heteroatoms. The minimum Gasteiger partial charge on any atom is -0.497 e. The highest BCUT2D eigenvalue weighted by atomic mass is 32.1. The quantitative estimate of drug-likeness (QED) is 0.170. The molecule has 3 aromatic carbocycles. The minimum absolute atomic E-state index is 0.0568. The monoisotopic (exact) mass is 638 g/mol. The maximum atomic E-state index is 14.0. The molecular weight excluding hydrogens is 608 g/mol. The molecule has 3 heterocycles. The summed E-state index contributed by atoms with van der Waals surface area (Å²) in [6, 6.07) is 21.6. The van der Waals surface area contributed by atoms with E-state index in [1.807, 2.05) is 49.4 Å². The summed E-state index contributed by atoms with van der Waals surface area (Å²) >= 11 is 1.39. The van der Waals surface area contributed by atoms with Crippen LogP contribution >= 0.6 is 11.3 Å². The normalized spacial score (nSPS) is 11.1. The largest absolute Gasteiger partial charge is 0.497 e. The molecule has 0 unspecified atom stereocenters. The lowest BCUT2D eigenvalue weighted by Gasteiger charge is -2.15. The van der Waals surface area contributed by atoms with Crippen molar-refractivity contribution in [1.82, 2.24) is 19.3 Å². The third kappa shape index (κ3) is 5.70. The van der Waals surface area contributed by atoms with Gasteiger partial charge >= 0.3 is 11.8 Å². The van der Waals surface area contributed by atoms with Crippen LogP contribution in [-0.4, -0.2) is 46.4 Å². The number of ketones is 1. The van der Waals surface area contributed by atoms with Crippen LogP contribution in [0.2, 0.25) is 0 Å². The zero-order valence-corrected chi connectivity index (χ0v) is 26.4. The van der Waals surface area contributed by atoms with E-state index in [9.17, 15) is 14.4 Å². The predicted octanol–water partition coefficient (Wildman–Crippen LogP) is 5.46. The standard InChI is InChI=1S/C34H30N4O7S/c1-5-24-17-27-31(40)37(19-28(39)20-12-14-23(42-2)15-13-20)34(41)38(32(27)46-24)18-22-11-10-21(16-29(22)43-3)25-8-6-7-9-26(25)30-35-33(44-4)45-36-30/h6-17H,5,18-19H2,1-4H3. The lowest BCUT2D eigenvalue weighted by atomic mass is 9.97. The van der Waals surface area contributed by atoms with Crippen molar-refractivity contribution in [3.63, 3.8) is 0 Å². The van der Waals surface area contributed by atoms with Crippen molar-refractivity contribution >= 4 is 27.3 Å². The summed E-state index contributed by atoms with van der Waals surface area (Å²) in [4.78, 5) is 46.6. The highest BCUT2D eigenvalue weighted by Crippen LogP contribution is 2.35. The van der Waals surface area contributed by atoms with Crippen molar-refractivity contribution in [2.75, 3.05) is 21.3 Å². The van der Waals surface area contributed by atoms with E-state index >= 15 is 0 Å². The molecule has 0 bridgehead atoms. The molecule has 3 aromatic heterocycles. The Balaban J connectivity index is 1.41. The number of carbonyl (C=O) groups excluding carboxylic acids is 1. The number of ether oxygens (including phenoxy) is 3. The van der Waals surface area contributed by atoms with Gasteiger partial charge in [0.2, 0.25) is 5.82 Å². The lowest BCUT2D eigenvalue weighted by Crippen LogP contribution is -2.41. The highest BCUT2D eigenvalue weighted by Gasteiger charge is 2.21. The second kappa shape index (κ2) is 12.9. The van der Waals surface area contributed by atoms with Gasteiger partial charge in [-0.05, 0) is 53.9 Å². The van der Waals surface area contributed by atoms with Crippen LogP contribution in [0.1, 0.15) is 27.7 Å². The molecule has 6 aromatic rings. The fourth-order valence-corrected chi connectivity index (χ4v) is 6.34. The molecular formula is C34H30N4O7S. The van der Waals surface area contributed by atoms with E-state index in [0.717, 1.165) is 26.1 Å². The highest BCUT2D eigenvalue weighted by molar-refractivity contribution is 7.18. The van der Waals surface area contributed by atoms with E-state index < -0.39 is 17.8 Å². The van der Waals surface area contributed by atoms with Gasteiger partial charge in [-0.2, -0.15) is 4.98 Å². The first-order valence-electron chi connectivity index (χ1n) is 14.4. The van der Waals surface area contributed by atoms with Crippen molar-refractivity contribution in [1.29, 1.82) is 0 Å². The van der Waals surface area contributed by atoms with E-state index in [-0.39, 0.29) is 18.4 Å². The molecule has 0 fully saturated rings. The van der Waals surface area contributed by atoms with Crippen LogP contribution in [0.25, 0.3) is 32.7 Å². The number of aryl methyl sites for hydroxylation is 1. The van der Waals surface area contributed by atoms with Crippen LogP contribution in [0.5, 0.6) is 17.6 Å². The van der Waals surface area contributed by atoms with Crippen LogP contribution in [0.15, 0.2) is 86.9 Å². The Labute approximate surface area is 267 Å². The molecule has 0 N–H and O–H groups in total. The molecule has 0 saturated heterocycles. The van der Waals surface area contributed by atoms with Crippen molar-refractivity contribution in [2.24, 2.45) is 0 Å². The zero-order valence-electron chi connectivity index (χ0n) is 25.6. The maximum Gasteiger partial charge on any atom is 0.417 e. The van der Waals surface area contributed by atoms with Crippen molar-refractivity contribution in [2.45, 2.75) is 26.4 Å². The number of Topliss-reactive ketones (excluding diaryl/α,β-unsaturated/α-hetero) is 1. The number of thiophene rings is 1. The first-order chi connectivity index (χ1) is 22.3. The average molecular weight is 639 g/mol. The summed E-state index contributed by atoms with van der Waals surface area (Å²) in [6.07, 6.45) is 0.753. The van der Waals surface area contributed by atoms with E-state index in [1.165, 1.54) is 25.6 Å². The van der Waals surface area contributed by atoms with Crippen LogP contribution in [0.3, 0.4) is 0 Å². The second-order valence-electron chi connectivity index (χ2n) is 10.4. The molecule has 0 saturated carbocycles. The maximum absolute atomic E-state index is 14.0. The number of nitrogens with zero attached hydrogens (tertiary/aromatic N) is 4. The summed E-state index contributed by atoms with van der Waals surface area (Å²) < 4.78 is 23.7. The van der Waals surface area contributed by atoms with E-state index in [0.29, 0.717) is 45.1 Å². The third-order valence-corrected chi connectivity index (χ3v) is 8.99. The molecule has 0 radical (unpaired) electrons. The molecule has 0 aliphatic heterocycles. The number of aromatic nitrogens is 4. The fourth-order valence-electron chi connectivity index (χ4n) is 5.26. The zero-order chi connectivity index (χ0) is 32.4. The summed E-state index contributed by atoms with van der Waals surface area (Å²) in [6.45, 7) is 1.71. The Bertz CT molecular complexity index is 2180. The molecule has 0 aliphatic carbocycles. The van der Waals surface area contributed by atoms with E-state index in [4.69, 9.17) is 18.7 Å². The predicted molar refractivity (Wildman–Crippen MR) is 174 cm³/mol. The first-order valence-corrected chi connectivity index (χ1v) is 15.2. The molecule has 0 amide bonds. The average Bonchev–Trinajstić information content (AvgIpc) is 3.76.